The number of anilines is 1. The molecule has 0 aromatic heterocycles. The maximum absolute atomic E-state index is 13.7. The predicted molar refractivity (Wildman–Crippen MR) is 129 cm³/mol. The van der Waals surface area contributed by atoms with E-state index in [2.05, 4.69) is 10.6 Å². The van der Waals surface area contributed by atoms with Crippen molar-refractivity contribution in [3.63, 3.8) is 0 Å². The highest BCUT2D eigenvalue weighted by atomic mass is 35.5. The average Bonchev–Trinajstić information content (AvgIpc) is 3.41. The van der Waals surface area contributed by atoms with Crippen molar-refractivity contribution in [1.29, 1.82) is 0 Å². The van der Waals surface area contributed by atoms with Crippen molar-refractivity contribution < 1.29 is 24.2 Å². The smallest absolute Gasteiger partial charge is 0.250 e. The first-order valence-electron chi connectivity index (χ1n) is 11.8. The number of likely N-dealkylation sites (tertiary alicyclic amines) is 1. The highest BCUT2D eigenvalue weighted by Gasteiger charge is 2.77. The molecule has 3 heterocycles. The summed E-state index contributed by atoms with van der Waals surface area (Å²) in [5, 5.41) is 15.8. The van der Waals surface area contributed by atoms with E-state index in [1.807, 2.05) is 37.3 Å². The van der Waals surface area contributed by atoms with Gasteiger partial charge in [0.15, 0.2) is 0 Å². The van der Waals surface area contributed by atoms with Gasteiger partial charge >= 0.3 is 0 Å². The Morgan fingerprint density at radius 1 is 1.11 bits per heavy atom. The Kier molecular flexibility index (Phi) is 6.07. The minimum Gasteiger partial charge on any atom is -0.395 e. The van der Waals surface area contributed by atoms with E-state index in [-0.39, 0.29) is 25.0 Å². The number of aliphatic hydroxyl groups excluding tert-OH is 1. The van der Waals surface area contributed by atoms with Gasteiger partial charge in [0.25, 0.3) is 0 Å². The van der Waals surface area contributed by atoms with Crippen LogP contribution in [0.15, 0.2) is 54.6 Å². The van der Waals surface area contributed by atoms with E-state index in [9.17, 15) is 19.5 Å². The molecular weight excluding hydrogens is 470 g/mol. The summed E-state index contributed by atoms with van der Waals surface area (Å²) in [6, 6.07) is 15.4. The van der Waals surface area contributed by atoms with Gasteiger partial charge in [0.05, 0.1) is 34.8 Å². The number of β-amino-alcohol motifs (C(OH)–C–C–N with tert-alkyl or cyclic N) is 1. The molecule has 0 radical (unpaired) electrons. The van der Waals surface area contributed by atoms with E-state index in [0.29, 0.717) is 30.1 Å². The molecule has 2 aromatic carbocycles. The largest absolute Gasteiger partial charge is 0.395 e. The number of halogens is 1. The second-order valence-corrected chi connectivity index (χ2v) is 10.1. The summed E-state index contributed by atoms with van der Waals surface area (Å²) in [5.74, 6) is -2.62. The highest BCUT2D eigenvalue weighted by molar-refractivity contribution is 6.33. The Bertz CT molecular complexity index is 1160. The SMILES string of the molecule is C[C@@]12CCC3(O1)C(C(=O)Nc1ccccc1Cl)N(CCO)C(=O)[C@@H]3[C@@H]2C(=O)NCc1ccccc1. The standard InChI is InChI=1S/C26H28ClN3O5/c1-25-11-12-26(35-25)20(19(25)22(32)28-15-16-7-3-2-4-8-16)24(34)30(13-14-31)21(26)23(33)29-18-10-6-5-9-17(18)27/h2-10,19-21,31H,11-15H2,1H3,(H,28,32)(H,29,33)/t19-,20+,21?,25+,26?/m1/s1. The molecule has 2 aromatic rings. The molecule has 0 saturated carbocycles. The third-order valence-corrected chi connectivity index (χ3v) is 7.92. The van der Waals surface area contributed by atoms with Gasteiger partial charge in [0, 0.05) is 13.1 Å². The molecule has 3 fully saturated rings. The minimum atomic E-state index is -1.15. The molecule has 5 rings (SSSR count). The van der Waals surface area contributed by atoms with Crippen LogP contribution in [0.3, 0.4) is 0 Å². The van der Waals surface area contributed by atoms with Gasteiger partial charge in [0.1, 0.15) is 11.6 Å². The van der Waals surface area contributed by atoms with Crippen molar-refractivity contribution in [2.24, 2.45) is 11.8 Å². The third-order valence-electron chi connectivity index (χ3n) is 7.59. The molecule has 3 aliphatic heterocycles. The van der Waals surface area contributed by atoms with Crippen molar-refractivity contribution in [2.75, 3.05) is 18.5 Å². The van der Waals surface area contributed by atoms with Crippen LogP contribution in [-0.4, -0.2) is 58.1 Å². The zero-order valence-corrected chi connectivity index (χ0v) is 20.1. The van der Waals surface area contributed by atoms with Crippen LogP contribution in [0.5, 0.6) is 0 Å². The molecule has 184 valence electrons. The number of nitrogens with one attached hydrogen (secondary N) is 2. The quantitative estimate of drug-likeness (QED) is 0.544. The molecule has 0 aliphatic carbocycles. The van der Waals surface area contributed by atoms with E-state index in [4.69, 9.17) is 16.3 Å². The van der Waals surface area contributed by atoms with Crippen LogP contribution < -0.4 is 10.6 Å². The second kappa shape index (κ2) is 8.93. The summed E-state index contributed by atoms with van der Waals surface area (Å²) < 4.78 is 6.51. The zero-order chi connectivity index (χ0) is 24.8. The lowest BCUT2D eigenvalue weighted by Gasteiger charge is -2.33. The number of rotatable bonds is 7. The first-order chi connectivity index (χ1) is 16.8. The van der Waals surface area contributed by atoms with Crippen molar-refractivity contribution in [3.8, 4) is 0 Å². The van der Waals surface area contributed by atoms with Crippen LogP contribution in [0.2, 0.25) is 5.02 Å². The average molecular weight is 498 g/mol. The Morgan fingerprint density at radius 3 is 2.54 bits per heavy atom. The van der Waals surface area contributed by atoms with Crippen LogP contribution in [0.1, 0.15) is 25.3 Å². The molecular formula is C26H28ClN3O5. The maximum atomic E-state index is 13.7. The van der Waals surface area contributed by atoms with Crippen LogP contribution >= 0.6 is 11.6 Å². The molecule has 5 atom stereocenters. The molecule has 3 N–H and O–H groups in total. The first-order valence-corrected chi connectivity index (χ1v) is 12.2. The number of para-hydroxylation sites is 1. The number of ether oxygens (including phenoxy) is 1. The Hall–Kier alpha value is -2.94. The summed E-state index contributed by atoms with van der Waals surface area (Å²) >= 11 is 6.24. The number of amides is 3. The van der Waals surface area contributed by atoms with Gasteiger partial charge in [-0.25, -0.2) is 0 Å². The second-order valence-electron chi connectivity index (χ2n) is 9.66. The number of hydrogen-bond donors (Lipinski definition) is 3. The fraction of sp³-hybridized carbons (Fsp3) is 0.423. The number of fused-ring (bicyclic) bond motifs is 1. The molecule has 3 aliphatic rings. The molecule has 9 heteroatoms. The lowest BCUT2D eigenvalue weighted by molar-refractivity contribution is -0.145. The minimum absolute atomic E-state index is 0.0316. The fourth-order valence-electron chi connectivity index (χ4n) is 6.13. The third kappa shape index (κ3) is 3.80. The summed E-state index contributed by atoms with van der Waals surface area (Å²) in [7, 11) is 0. The van der Waals surface area contributed by atoms with Gasteiger partial charge in [-0.1, -0.05) is 54.1 Å². The van der Waals surface area contributed by atoms with Gasteiger partial charge < -0.3 is 25.4 Å². The fourth-order valence-corrected chi connectivity index (χ4v) is 6.32. The molecule has 8 nitrogen and oxygen atoms in total. The number of hydrogen-bond acceptors (Lipinski definition) is 5. The molecule has 3 saturated heterocycles. The van der Waals surface area contributed by atoms with Crippen molar-refractivity contribution in [3.05, 3.63) is 65.2 Å². The topological polar surface area (TPSA) is 108 Å². The number of aliphatic hydroxyl groups is 1. The number of carbonyl (C=O) groups is 3. The van der Waals surface area contributed by atoms with Crippen LogP contribution in [0.4, 0.5) is 5.69 Å². The number of carbonyl (C=O) groups excluding carboxylic acids is 3. The van der Waals surface area contributed by atoms with Crippen molar-refractivity contribution in [1.82, 2.24) is 10.2 Å². The lowest BCUT2D eigenvalue weighted by atomic mass is 9.66. The van der Waals surface area contributed by atoms with Gasteiger partial charge in [-0.2, -0.15) is 0 Å². The van der Waals surface area contributed by atoms with Gasteiger partial charge in [-0.05, 0) is 37.5 Å². The lowest BCUT2D eigenvalue weighted by Crippen LogP contribution is -2.53. The van der Waals surface area contributed by atoms with E-state index < -0.39 is 35.0 Å². The van der Waals surface area contributed by atoms with E-state index in [0.717, 1.165) is 5.56 Å². The zero-order valence-electron chi connectivity index (χ0n) is 19.4. The number of benzene rings is 2. The monoisotopic (exact) mass is 497 g/mol. The maximum Gasteiger partial charge on any atom is 0.250 e. The molecule has 1 spiro atoms. The van der Waals surface area contributed by atoms with Crippen LogP contribution in [0, 0.1) is 11.8 Å². The predicted octanol–water partition coefficient (Wildman–Crippen LogP) is 2.35. The van der Waals surface area contributed by atoms with E-state index >= 15 is 0 Å². The molecule has 3 amide bonds. The summed E-state index contributed by atoms with van der Waals surface area (Å²) in [6.45, 7) is 1.83. The van der Waals surface area contributed by atoms with Crippen molar-refractivity contribution >= 4 is 35.0 Å². The van der Waals surface area contributed by atoms with Crippen LogP contribution in [0.25, 0.3) is 0 Å². The van der Waals surface area contributed by atoms with Gasteiger partial charge in [0.2, 0.25) is 17.7 Å². The summed E-state index contributed by atoms with van der Waals surface area (Å²) in [5.41, 5.74) is -0.649. The Balaban J connectivity index is 1.45. The summed E-state index contributed by atoms with van der Waals surface area (Å²) in [4.78, 5) is 42.1. The highest BCUT2D eigenvalue weighted by Crippen LogP contribution is 2.63. The normalized spacial score (nSPS) is 30.9. The van der Waals surface area contributed by atoms with Crippen molar-refractivity contribution in [2.45, 2.75) is 43.6 Å². The first kappa shape index (κ1) is 23.8. The van der Waals surface area contributed by atoms with E-state index in [1.165, 1.54) is 4.90 Å². The van der Waals surface area contributed by atoms with Gasteiger partial charge in [-0.15, -0.1) is 0 Å². The Morgan fingerprint density at radius 2 is 1.83 bits per heavy atom. The Labute approximate surface area is 208 Å². The van der Waals surface area contributed by atoms with Gasteiger partial charge in [-0.3, -0.25) is 14.4 Å². The molecule has 2 bridgehead atoms. The number of nitrogens with zero attached hydrogens (tertiary/aromatic N) is 1. The molecule has 2 unspecified atom stereocenters. The summed E-state index contributed by atoms with van der Waals surface area (Å²) in [6.07, 6.45) is 1.01. The van der Waals surface area contributed by atoms with E-state index in [1.54, 1.807) is 24.3 Å². The molecule has 35 heavy (non-hydrogen) atoms. The van der Waals surface area contributed by atoms with Crippen LogP contribution in [-0.2, 0) is 25.7 Å².